The van der Waals surface area contributed by atoms with Crippen molar-refractivity contribution in [1.82, 2.24) is 0 Å². The Balaban J connectivity index is 1.96. The predicted molar refractivity (Wildman–Crippen MR) is 67.5 cm³/mol. The molecule has 0 radical (unpaired) electrons. The van der Waals surface area contributed by atoms with Crippen molar-refractivity contribution in [3.05, 3.63) is 0 Å². The van der Waals surface area contributed by atoms with E-state index in [0.717, 1.165) is 18.3 Å². The zero-order valence-corrected chi connectivity index (χ0v) is 11.6. The van der Waals surface area contributed by atoms with E-state index in [1.54, 1.807) is 0 Å². The van der Waals surface area contributed by atoms with Crippen molar-refractivity contribution in [3.8, 4) is 0 Å². The van der Waals surface area contributed by atoms with Crippen LogP contribution in [-0.4, -0.2) is 5.78 Å². The van der Waals surface area contributed by atoms with E-state index in [0.29, 0.717) is 22.0 Å². The smallest absolute Gasteiger partial charge is 0.139 e. The second-order valence-corrected chi connectivity index (χ2v) is 8.39. The Kier molecular flexibility index (Phi) is 1.48. The zero-order chi connectivity index (χ0) is 12.3. The lowest BCUT2D eigenvalue weighted by atomic mass is 9.60. The first-order chi connectivity index (χ1) is 7.81. The summed E-state index contributed by atoms with van der Waals surface area (Å²) in [6.45, 7) is 9.86. The van der Waals surface area contributed by atoms with E-state index >= 15 is 0 Å². The number of carbonyl (C=O) groups excluding carboxylic acids is 1. The van der Waals surface area contributed by atoms with E-state index < -0.39 is 0 Å². The van der Waals surface area contributed by atoms with Gasteiger partial charge in [0.2, 0.25) is 0 Å². The SMILES string of the molecule is CC1(C)C2CCC3(C2)C(=O)CC[C@@]32C1C2(C)C. The minimum Gasteiger partial charge on any atom is -0.299 e. The number of hydrogen-bond acceptors (Lipinski definition) is 1. The van der Waals surface area contributed by atoms with E-state index in [4.69, 9.17) is 0 Å². The summed E-state index contributed by atoms with van der Waals surface area (Å²) in [6, 6.07) is 0. The number of carbonyl (C=O) groups is 1. The van der Waals surface area contributed by atoms with Crippen LogP contribution in [-0.2, 0) is 4.79 Å². The number of Topliss-reactive ketones (excluding diaryl/α,β-unsaturated/α-hetero) is 1. The molecular formula is C16H24O. The Labute approximate surface area is 104 Å². The minimum absolute atomic E-state index is 0.126. The van der Waals surface area contributed by atoms with Gasteiger partial charge >= 0.3 is 0 Å². The average molecular weight is 232 g/mol. The maximum absolute atomic E-state index is 12.5. The summed E-state index contributed by atoms with van der Waals surface area (Å²) in [5, 5.41) is 0. The van der Waals surface area contributed by atoms with Gasteiger partial charge in [0.15, 0.2) is 0 Å². The topological polar surface area (TPSA) is 17.1 Å². The van der Waals surface area contributed by atoms with Gasteiger partial charge in [0, 0.05) is 11.8 Å². The average Bonchev–Trinajstić information content (AvgIpc) is 2.62. The maximum atomic E-state index is 12.5. The third kappa shape index (κ3) is 0.746. The van der Waals surface area contributed by atoms with Crippen LogP contribution >= 0.6 is 0 Å². The van der Waals surface area contributed by atoms with Gasteiger partial charge in [0.1, 0.15) is 5.78 Å². The summed E-state index contributed by atoms with van der Waals surface area (Å²) in [6.07, 6.45) is 5.81. The molecule has 2 spiro atoms. The molecule has 4 saturated carbocycles. The molecule has 0 amide bonds. The first-order valence-corrected chi connectivity index (χ1v) is 7.34. The molecule has 0 aromatic heterocycles. The van der Waals surface area contributed by atoms with Gasteiger partial charge in [-0.05, 0) is 53.8 Å². The fraction of sp³-hybridized carbons (Fsp3) is 0.938. The fourth-order valence-corrected chi connectivity index (χ4v) is 7.39. The monoisotopic (exact) mass is 232 g/mol. The number of rotatable bonds is 0. The molecule has 3 unspecified atom stereocenters. The van der Waals surface area contributed by atoms with Crippen molar-refractivity contribution < 1.29 is 4.79 Å². The molecule has 4 rings (SSSR count). The van der Waals surface area contributed by atoms with E-state index in [1.807, 2.05) is 0 Å². The van der Waals surface area contributed by atoms with E-state index in [1.165, 1.54) is 25.7 Å². The highest BCUT2D eigenvalue weighted by molar-refractivity contribution is 5.90. The third-order valence-corrected chi connectivity index (χ3v) is 7.73. The lowest BCUT2D eigenvalue weighted by Crippen LogP contribution is -2.41. The molecule has 0 heterocycles. The van der Waals surface area contributed by atoms with Gasteiger partial charge in [-0.3, -0.25) is 4.79 Å². The highest BCUT2D eigenvalue weighted by Crippen LogP contribution is 2.91. The van der Waals surface area contributed by atoms with Gasteiger partial charge in [-0.1, -0.05) is 27.7 Å². The normalized spacial score (nSPS) is 56.6. The predicted octanol–water partition coefficient (Wildman–Crippen LogP) is 3.82. The lowest BCUT2D eigenvalue weighted by molar-refractivity contribution is -0.130. The van der Waals surface area contributed by atoms with Gasteiger partial charge in [0.25, 0.3) is 0 Å². The lowest BCUT2D eigenvalue weighted by Gasteiger charge is -2.43. The highest BCUT2D eigenvalue weighted by atomic mass is 16.1. The molecule has 4 fully saturated rings. The highest BCUT2D eigenvalue weighted by Gasteiger charge is 2.88. The number of fused-ring (bicyclic) bond motifs is 1. The van der Waals surface area contributed by atoms with Crippen LogP contribution in [0.2, 0.25) is 0 Å². The van der Waals surface area contributed by atoms with Crippen LogP contribution in [0.3, 0.4) is 0 Å². The molecule has 4 aliphatic carbocycles. The van der Waals surface area contributed by atoms with Crippen molar-refractivity contribution >= 4 is 5.78 Å². The second-order valence-electron chi connectivity index (χ2n) is 8.39. The quantitative estimate of drug-likeness (QED) is 0.620. The summed E-state index contributed by atoms with van der Waals surface area (Å²) >= 11 is 0. The van der Waals surface area contributed by atoms with Crippen LogP contribution in [0.25, 0.3) is 0 Å². The van der Waals surface area contributed by atoms with Crippen LogP contribution in [0, 0.1) is 33.5 Å². The van der Waals surface area contributed by atoms with Crippen LogP contribution in [0.4, 0.5) is 0 Å². The van der Waals surface area contributed by atoms with E-state index in [-0.39, 0.29) is 5.41 Å². The maximum Gasteiger partial charge on any atom is 0.139 e. The summed E-state index contributed by atoms with van der Waals surface area (Å²) in [5.41, 5.74) is 1.40. The Bertz CT molecular complexity index is 433. The zero-order valence-electron chi connectivity index (χ0n) is 11.6. The molecule has 4 aliphatic rings. The molecular weight excluding hydrogens is 208 g/mol. The number of ketones is 1. The summed E-state index contributed by atoms with van der Waals surface area (Å²) in [4.78, 5) is 12.5. The molecule has 0 saturated heterocycles. The fourth-order valence-electron chi connectivity index (χ4n) is 7.39. The van der Waals surface area contributed by atoms with Gasteiger partial charge < -0.3 is 0 Å². The molecule has 1 nitrogen and oxygen atoms in total. The van der Waals surface area contributed by atoms with Crippen molar-refractivity contribution in [2.75, 3.05) is 0 Å². The van der Waals surface area contributed by atoms with Crippen LogP contribution in [0.15, 0.2) is 0 Å². The largest absolute Gasteiger partial charge is 0.299 e. The third-order valence-electron chi connectivity index (χ3n) is 7.73. The van der Waals surface area contributed by atoms with Gasteiger partial charge in [0.05, 0.1) is 0 Å². The van der Waals surface area contributed by atoms with Crippen LogP contribution in [0.1, 0.15) is 59.8 Å². The summed E-state index contributed by atoms with van der Waals surface area (Å²) in [7, 11) is 0. The Hall–Kier alpha value is -0.330. The Morgan fingerprint density at radius 1 is 1.12 bits per heavy atom. The molecule has 0 N–H and O–H groups in total. The van der Waals surface area contributed by atoms with Crippen LogP contribution in [0.5, 0.6) is 0 Å². The molecule has 1 heteroatoms. The van der Waals surface area contributed by atoms with Gasteiger partial charge in [-0.2, -0.15) is 0 Å². The van der Waals surface area contributed by atoms with Crippen molar-refractivity contribution in [2.45, 2.75) is 59.8 Å². The summed E-state index contributed by atoms with van der Waals surface area (Å²) < 4.78 is 0. The molecule has 94 valence electrons. The van der Waals surface area contributed by atoms with Crippen molar-refractivity contribution in [2.24, 2.45) is 33.5 Å². The summed E-state index contributed by atoms with van der Waals surface area (Å²) in [5.74, 6) is 2.24. The molecule has 2 bridgehead atoms. The standard InChI is InChI=1S/C16H24O/c1-13(2)10-5-7-15(9-10)11(17)6-8-16(15)12(13)14(16,3)4/h10,12H,5-9H2,1-4H3/t10?,12?,15?,16-/m0/s1. The van der Waals surface area contributed by atoms with Crippen LogP contribution < -0.4 is 0 Å². The molecule has 0 aromatic carbocycles. The molecule has 0 aromatic rings. The van der Waals surface area contributed by atoms with Crippen molar-refractivity contribution in [1.29, 1.82) is 0 Å². The molecule has 0 aliphatic heterocycles. The first kappa shape index (κ1) is 10.6. The van der Waals surface area contributed by atoms with E-state index in [2.05, 4.69) is 27.7 Å². The molecule has 17 heavy (non-hydrogen) atoms. The number of hydrogen-bond donors (Lipinski definition) is 0. The minimum atomic E-state index is 0.126. The first-order valence-electron chi connectivity index (χ1n) is 7.34. The van der Waals surface area contributed by atoms with E-state index in [9.17, 15) is 4.79 Å². The second kappa shape index (κ2) is 2.38. The van der Waals surface area contributed by atoms with Gasteiger partial charge in [-0.15, -0.1) is 0 Å². The molecule has 4 atom stereocenters. The van der Waals surface area contributed by atoms with Gasteiger partial charge in [-0.25, -0.2) is 0 Å². The van der Waals surface area contributed by atoms with Crippen molar-refractivity contribution in [3.63, 3.8) is 0 Å². The Morgan fingerprint density at radius 3 is 2.53 bits per heavy atom. The Morgan fingerprint density at radius 2 is 1.82 bits per heavy atom.